The fourth-order valence-corrected chi connectivity index (χ4v) is 3.80. The topological polar surface area (TPSA) is 55.4 Å². The van der Waals surface area contributed by atoms with Crippen molar-refractivity contribution in [2.24, 2.45) is 0 Å². The molecule has 0 unspecified atom stereocenters. The van der Waals surface area contributed by atoms with Gasteiger partial charge in [-0.05, 0) is 42.7 Å². The molecule has 142 valence electrons. The number of nitrogens with one attached hydrogen (secondary N) is 1. The molecular formula is C21H29NO3S. The highest BCUT2D eigenvalue weighted by Crippen LogP contribution is 2.22. The highest BCUT2D eigenvalue weighted by Gasteiger charge is 2.15. The first-order chi connectivity index (χ1) is 12.5. The number of hydrogen-bond acceptors (Lipinski definition) is 3. The number of ether oxygens (including phenoxy) is 1. The van der Waals surface area contributed by atoms with Crippen LogP contribution in [0.2, 0.25) is 0 Å². The van der Waals surface area contributed by atoms with Gasteiger partial charge in [0.1, 0.15) is 5.75 Å². The summed E-state index contributed by atoms with van der Waals surface area (Å²) in [5, 5.41) is 0. The molecule has 26 heavy (non-hydrogen) atoms. The molecule has 2 aromatic rings. The van der Waals surface area contributed by atoms with Crippen LogP contribution >= 0.6 is 0 Å². The molecule has 0 saturated carbocycles. The van der Waals surface area contributed by atoms with Gasteiger partial charge in [0, 0.05) is 6.54 Å². The van der Waals surface area contributed by atoms with E-state index in [0.29, 0.717) is 6.61 Å². The Hall–Kier alpha value is -1.85. The lowest BCUT2D eigenvalue weighted by atomic mass is 10.2. The maximum Gasteiger partial charge on any atom is 0.240 e. The standard InChI is InChI=1S/C21H29NO3S/c1-3-4-5-6-10-15-25-21-14-13-20(16-18(21)2)26(23,24)22-17-19-11-8-7-9-12-19/h7-9,11-14,16,22H,3-6,10,15,17H2,1-2H3. The molecule has 0 radical (unpaired) electrons. The van der Waals surface area contributed by atoms with E-state index >= 15 is 0 Å². The van der Waals surface area contributed by atoms with Crippen LogP contribution in [0.15, 0.2) is 53.4 Å². The van der Waals surface area contributed by atoms with Crippen LogP contribution in [-0.4, -0.2) is 15.0 Å². The van der Waals surface area contributed by atoms with Crippen molar-refractivity contribution in [3.05, 3.63) is 59.7 Å². The van der Waals surface area contributed by atoms with Gasteiger partial charge in [-0.3, -0.25) is 0 Å². The first-order valence-electron chi connectivity index (χ1n) is 9.30. The number of hydrogen-bond donors (Lipinski definition) is 1. The van der Waals surface area contributed by atoms with Crippen LogP contribution in [0, 0.1) is 6.92 Å². The molecular weight excluding hydrogens is 346 g/mol. The molecule has 0 amide bonds. The molecule has 0 aliphatic heterocycles. The number of benzene rings is 2. The minimum absolute atomic E-state index is 0.265. The molecule has 0 aliphatic rings. The lowest BCUT2D eigenvalue weighted by Crippen LogP contribution is -2.23. The van der Waals surface area contributed by atoms with Crippen molar-refractivity contribution in [2.75, 3.05) is 6.61 Å². The number of rotatable bonds is 11. The van der Waals surface area contributed by atoms with E-state index in [1.807, 2.05) is 37.3 Å². The summed E-state index contributed by atoms with van der Waals surface area (Å²) in [6, 6.07) is 14.5. The van der Waals surface area contributed by atoms with E-state index in [2.05, 4.69) is 11.6 Å². The molecule has 2 aromatic carbocycles. The minimum Gasteiger partial charge on any atom is -0.493 e. The van der Waals surface area contributed by atoms with Crippen molar-refractivity contribution < 1.29 is 13.2 Å². The zero-order valence-corrected chi connectivity index (χ0v) is 16.5. The molecule has 0 spiro atoms. The molecule has 0 atom stereocenters. The molecule has 4 nitrogen and oxygen atoms in total. The average Bonchev–Trinajstić information content (AvgIpc) is 2.65. The van der Waals surface area contributed by atoms with Crippen molar-refractivity contribution in [2.45, 2.75) is 57.4 Å². The van der Waals surface area contributed by atoms with E-state index in [4.69, 9.17) is 4.74 Å². The van der Waals surface area contributed by atoms with Crippen LogP contribution in [0.1, 0.15) is 50.2 Å². The highest BCUT2D eigenvalue weighted by molar-refractivity contribution is 7.89. The van der Waals surface area contributed by atoms with Gasteiger partial charge >= 0.3 is 0 Å². The van der Waals surface area contributed by atoms with E-state index in [1.54, 1.807) is 18.2 Å². The summed E-state index contributed by atoms with van der Waals surface area (Å²) in [5.41, 5.74) is 1.76. The average molecular weight is 376 g/mol. The predicted molar refractivity (Wildman–Crippen MR) is 106 cm³/mol. The van der Waals surface area contributed by atoms with E-state index in [-0.39, 0.29) is 11.4 Å². The van der Waals surface area contributed by atoms with Gasteiger partial charge in [0.15, 0.2) is 0 Å². The smallest absolute Gasteiger partial charge is 0.240 e. The third-order valence-corrected chi connectivity index (χ3v) is 5.67. The van der Waals surface area contributed by atoms with Crippen LogP contribution < -0.4 is 9.46 Å². The SMILES string of the molecule is CCCCCCCOc1ccc(S(=O)(=O)NCc2ccccc2)cc1C. The van der Waals surface area contributed by atoms with Crippen LogP contribution in [0.5, 0.6) is 5.75 Å². The molecule has 2 rings (SSSR count). The highest BCUT2D eigenvalue weighted by atomic mass is 32.2. The summed E-state index contributed by atoms with van der Waals surface area (Å²) >= 11 is 0. The normalized spacial score (nSPS) is 11.5. The van der Waals surface area contributed by atoms with Crippen LogP contribution in [-0.2, 0) is 16.6 Å². The van der Waals surface area contributed by atoms with Crippen molar-refractivity contribution >= 4 is 10.0 Å². The molecule has 0 aliphatic carbocycles. The third-order valence-electron chi connectivity index (χ3n) is 4.27. The second-order valence-electron chi connectivity index (χ2n) is 6.50. The molecule has 0 aromatic heterocycles. The quantitative estimate of drug-likeness (QED) is 0.573. The van der Waals surface area contributed by atoms with Gasteiger partial charge in [0.2, 0.25) is 10.0 Å². The summed E-state index contributed by atoms with van der Waals surface area (Å²) in [6.45, 7) is 5.02. The Bertz CT molecular complexity index is 773. The summed E-state index contributed by atoms with van der Waals surface area (Å²) in [7, 11) is -3.54. The fourth-order valence-electron chi connectivity index (χ4n) is 2.70. The van der Waals surface area contributed by atoms with Crippen LogP contribution in [0.3, 0.4) is 0 Å². The van der Waals surface area contributed by atoms with Gasteiger partial charge in [-0.1, -0.05) is 62.9 Å². The number of sulfonamides is 1. The lowest BCUT2D eigenvalue weighted by Gasteiger charge is -2.12. The zero-order chi connectivity index (χ0) is 18.8. The van der Waals surface area contributed by atoms with Crippen molar-refractivity contribution in [3.8, 4) is 5.75 Å². The maximum absolute atomic E-state index is 12.5. The van der Waals surface area contributed by atoms with Gasteiger partial charge in [-0.25, -0.2) is 13.1 Å². The number of aryl methyl sites for hydroxylation is 1. The molecule has 1 N–H and O–H groups in total. The Morgan fingerprint density at radius 2 is 1.69 bits per heavy atom. The maximum atomic E-state index is 12.5. The largest absolute Gasteiger partial charge is 0.493 e. The Labute approximate surface area is 157 Å². The molecule has 0 heterocycles. The Morgan fingerprint density at radius 1 is 0.962 bits per heavy atom. The van der Waals surface area contributed by atoms with Crippen molar-refractivity contribution in [1.29, 1.82) is 0 Å². The van der Waals surface area contributed by atoms with Crippen LogP contribution in [0.25, 0.3) is 0 Å². The second-order valence-corrected chi connectivity index (χ2v) is 8.27. The first-order valence-corrected chi connectivity index (χ1v) is 10.8. The Kier molecular flexibility index (Phi) is 8.13. The summed E-state index contributed by atoms with van der Waals surface area (Å²) in [5.74, 6) is 0.752. The van der Waals surface area contributed by atoms with Gasteiger partial charge in [-0.15, -0.1) is 0 Å². The van der Waals surface area contributed by atoms with Gasteiger partial charge in [-0.2, -0.15) is 0 Å². The molecule has 5 heteroatoms. The monoisotopic (exact) mass is 375 g/mol. The van der Waals surface area contributed by atoms with Gasteiger partial charge in [0.05, 0.1) is 11.5 Å². The Balaban J connectivity index is 1.90. The Morgan fingerprint density at radius 3 is 2.38 bits per heavy atom. The summed E-state index contributed by atoms with van der Waals surface area (Å²) in [6.07, 6.45) is 5.93. The third kappa shape index (κ3) is 6.46. The van der Waals surface area contributed by atoms with Gasteiger partial charge < -0.3 is 4.74 Å². The second kappa shape index (κ2) is 10.3. The molecule has 0 bridgehead atoms. The first kappa shape index (κ1) is 20.5. The molecule has 0 fully saturated rings. The van der Waals surface area contributed by atoms with Crippen molar-refractivity contribution in [1.82, 2.24) is 4.72 Å². The van der Waals surface area contributed by atoms with E-state index in [0.717, 1.165) is 23.3 Å². The van der Waals surface area contributed by atoms with Crippen molar-refractivity contribution in [3.63, 3.8) is 0 Å². The summed E-state index contributed by atoms with van der Waals surface area (Å²) in [4.78, 5) is 0.265. The van der Waals surface area contributed by atoms with Gasteiger partial charge in [0.25, 0.3) is 0 Å². The zero-order valence-electron chi connectivity index (χ0n) is 15.7. The van der Waals surface area contributed by atoms with E-state index in [9.17, 15) is 8.42 Å². The minimum atomic E-state index is -3.54. The molecule has 0 saturated heterocycles. The van der Waals surface area contributed by atoms with E-state index in [1.165, 1.54) is 25.7 Å². The van der Waals surface area contributed by atoms with Crippen LogP contribution in [0.4, 0.5) is 0 Å². The summed E-state index contributed by atoms with van der Waals surface area (Å²) < 4.78 is 33.4. The lowest BCUT2D eigenvalue weighted by molar-refractivity contribution is 0.302. The van der Waals surface area contributed by atoms with E-state index < -0.39 is 10.0 Å². The predicted octanol–water partition coefficient (Wildman–Crippen LogP) is 4.82. The number of unbranched alkanes of at least 4 members (excludes halogenated alkanes) is 4. The fraction of sp³-hybridized carbons (Fsp3) is 0.429.